The first-order valence-electron chi connectivity index (χ1n) is 6.43. The summed E-state index contributed by atoms with van der Waals surface area (Å²) in [7, 11) is 0. The third kappa shape index (κ3) is 3.37. The Balaban J connectivity index is 1.69. The smallest absolute Gasteiger partial charge is 0.317 e. The Morgan fingerprint density at radius 2 is 1.88 bits per heavy atom. The van der Waals surface area contributed by atoms with Crippen molar-refractivity contribution in [2.75, 3.05) is 32.7 Å². The molecule has 1 saturated carbocycles. The Bertz CT molecular complexity index is 243. The zero-order valence-electron chi connectivity index (χ0n) is 10.4. The Morgan fingerprint density at radius 1 is 1.25 bits per heavy atom. The lowest BCUT2D eigenvalue weighted by Crippen LogP contribution is -2.53. The molecule has 1 N–H and O–H groups in total. The number of nitrogens with one attached hydrogen (secondary N) is 1. The van der Waals surface area contributed by atoms with Gasteiger partial charge in [0.25, 0.3) is 0 Å². The fraction of sp³-hybridized carbons (Fsp3) is 0.917. The van der Waals surface area contributed by atoms with Crippen LogP contribution in [0.15, 0.2) is 0 Å². The van der Waals surface area contributed by atoms with E-state index in [4.69, 9.17) is 0 Å². The Labute approximate surface area is 98.0 Å². The second-order valence-electron chi connectivity index (χ2n) is 5.34. The molecule has 2 amide bonds. The highest BCUT2D eigenvalue weighted by Crippen LogP contribution is 2.29. The van der Waals surface area contributed by atoms with E-state index in [1.165, 1.54) is 19.4 Å². The third-order valence-electron chi connectivity index (χ3n) is 3.28. The molecule has 0 aromatic heterocycles. The normalized spacial score (nSPS) is 22.6. The molecular weight excluding hydrogens is 202 g/mol. The predicted octanol–water partition coefficient (Wildman–Crippen LogP) is 1.13. The summed E-state index contributed by atoms with van der Waals surface area (Å²) < 4.78 is 0. The predicted molar refractivity (Wildman–Crippen MR) is 64.4 cm³/mol. The molecule has 4 nitrogen and oxygen atoms in total. The van der Waals surface area contributed by atoms with E-state index < -0.39 is 0 Å². The van der Waals surface area contributed by atoms with Gasteiger partial charge in [0.1, 0.15) is 0 Å². The Hall–Kier alpha value is -0.770. The number of nitrogens with zero attached hydrogens (tertiary/aromatic N) is 2. The van der Waals surface area contributed by atoms with E-state index in [1.807, 2.05) is 18.7 Å². The van der Waals surface area contributed by atoms with E-state index in [0.717, 1.165) is 32.1 Å². The molecule has 0 spiro atoms. The lowest BCUT2D eigenvalue weighted by Gasteiger charge is -2.35. The van der Waals surface area contributed by atoms with Gasteiger partial charge in [-0.25, -0.2) is 4.79 Å². The molecule has 1 heterocycles. The van der Waals surface area contributed by atoms with Crippen LogP contribution in [-0.4, -0.2) is 54.6 Å². The van der Waals surface area contributed by atoms with E-state index in [1.54, 1.807) is 0 Å². The summed E-state index contributed by atoms with van der Waals surface area (Å²) in [5.74, 6) is 0.955. The number of carbonyl (C=O) groups excluding carboxylic acids is 1. The lowest BCUT2D eigenvalue weighted by molar-refractivity contribution is 0.135. The van der Waals surface area contributed by atoms with E-state index in [-0.39, 0.29) is 12.1 Å². The first-order valence-corrected chi connectivity index (χ1v) is 6.43. The molecule has 2 fully saturated rings. The second kappa shape index (κ2) is 5.04. The van der Waals surface area contributed by atoms with Gasteiger partial charge in [-0.3, -0.25) is 4.90 Å². The average molecular weight is 225 g/mol. The number of amides is 2. The van der Waals surface area contributed by atoms with E-state index in [9.17, 15) is 4.79 Å². The summed E-state index contributed by atoms with van der Waals surface area (Å²) in [6, 6.07) is 0.332. The molecule has 0 atom stereocenters. The van der Waals surface area contributed by atoms with Gasteiger partial charge in [0.2, 0.25) is 0 Å². The number of hydrogen-bond acceptors (Lipinski definition) is 2. The molecule has 16 heavy (non-hydrogen) atoms. The van der Waals surface area contributed by atoms with Gasteiger partial charge < -0.3 is 10.2 Å². The van der Waals surface area contributed by atoms with Crippen LogP contribution < -0.4 is 5.32 Å². The van der Waals surface area contributed by atoms with Crippen LogP contribution in [0.4, 0.5) is 4.79 Å². The first kappa shape index (κ1) is 11.7. The van der Waals surface area contributed by atoms with E-state index in [2.05, 4.69) is 10.2 Å². The Kier molecular flexibility index (Phi) is 3.69. The van der Waals surface area contributed by atoms with Crippen molar-refractivity contribution in [3.8, 4) is 0 Å². The van der Waals surface area contributed by atoms with Crippen LogP contribution >= 0.6 is 0 Å². The zero-order chi connectivity index (χ0) is 11.5. The van der Waals surface area contributed by atoms with Crippen molar-refractivity contribution in [1.29, 1.82) is 0 Å². The van der Waals surface area contributed by atoms with Crippen LogP contribution in [-0.2, 0) is 0 Å². The van der Waals surface area contributed by atoms with Gasteiger partial charge in [-0.05, 0) is 32.6 Å². The summed E-state index contributed by atoms with van der Waals surface area (Å²) >= 11 is 0. The molecule has 1 aliphatic carbocycles. The van der Waals surface area contributed by atoms with Crippen molar-refractivity contribution in [3.63, 3.8) is 0 Å². The van der Waals surface area contributed by atoms with Crippen LogP contribution in [0, 0.1) is 5.92 Å². The third-order valence-corrected chi connectivity index (χ3v) is 3.28. The fourth-order valence-electron chi connectivity index (χ4n) is 2.14. The zero-order valence-corrected chi connectivity index (χ0v) is 10.4. The van der Waals surface area contributed by atoms with Crippen molar-refractivity contribution in [2.24, 2.45) is 5.92 Å². The molecule has 2 rings (SSSR count). The topological polar surface area (TPSA) is 35.6 Å². The lowest BCUT2D eigenvalue weighted by atomic mass is 10.3. The maximum absolute atomic E-state index is 11.7. The van der Waals surface area contributed by atoms with Gasteiger partial charge in [-0.2, -0.15) is 0 Å². The van der Waals surface area contributed by atoms with Crippen LogP contribution in [0.1, 0.15) is 26.7 Å². The molecule has 0 aromatic rings. The van der Waals surface area contributed by atoms with Gasteiger partial charge in [0.05, 0.1) is 0 Å². The summed E-state index contributed by atoms with van der Waals surface area (Å²) in [4.78, 5) is 16.2. The number of rotatable bonds is 3. The molecule has 0 aromatic carbocycles. The molecule has 0 unspecified atom stereocenters. The van der Waals surface area contributed by atoms with Crippen molar-refractivity contribution in [2.45, 2.75) is 32.7 Å². The summed E-state index contributed by atoms with van der Waals surface area (Å²) in [5.41, 5.74) is 0. The quantitative estimate of drug-likeness (QED) is 0.781. The van der Waals surface area contributed by atoms with E-state index >= 15 is 0 Å². The number of urea groups is 1. The highest BCUT2D eigenvalue weighted by molar-refractivity contribution is 5.74. The largest absolute Gasteiger partial charge is 0.336 e. The summed E-state index contributed by atoms with van der Waals surface area (Å²) in [5, 5.41) is 2.95. The van der Waals surface area contributed by atoms with Gasteiger partial charge in [0, 0.05) is 38.8 Å². The van der Waals surface area contributed by atoms with Crippen LogP contribution in [0.25, 0.3) is 0 Å². The minimum absolute atomic E-state index is 0.0982. The SMILES string of the molecule is CC(C)NC(=O)N1CCN(CC2CC2)CC1. The maximum atomic E-state index is 11.7. The van der Waals surface area contributed by atoms with Gasteiger partial charge in [0.15, 0.2) is 0 Å². The highest BCUT2D eigenvalue weighted by atomic mass is 16.2. The van der Waals surface area contributed by atoms with E-state index in [0.29, 0.717) is 0 Å². The fourth-order valence-corrected chi connectivity index (χ4v) is 2.14. The maximum Gasteiger partial charge on any atom is 0.317 e. The van der Waals surface area contributed by atoms with Crippen LogP contribution in [0.3, 0.4) is 0 Å². The minimum atomic E-state index is 0.0982. The monoisotopic (exact) mass is 225 g/mol. The highest BCUT2D eigenvalue weighted by Gasteiger charge is 2.27. The molecule has 1 aliphatic heterocycles. The number of hydrogen-bond donors (Lipinski definition) is 1. The molecule has 92 valence electrons. The molecule has 0 bridgehead atoms. The Morgan fingerprint density at radius 3 is 2.38 bits per heavy atom. The van der Waals surface area contributed by atoms with Crippen LogP contribution in [0.2, 0.25) is 0 Å². The number of piperazine rings is 1. The molecule has 4 heteroatoms. The molecular formula is C12H23N3O. The molecule has 1 saturated heterocycles. The van der Waals surface area contributed by atoms with Crippen molar-refractivity contribution < 1.29 is 4.79 Å². The molecule has 2 aliphatic rings. The van der Waals surface area contributed by atoms with Gasteiger partial charge >= 0.3 is 6.03 Å². The second-order valence-corrected chi connectivity index (χ2v) is 5.34. The standard InChI is InChI=1S/C12H23N3O/c1-10(2)13-12(16)15-7-5-14(6-8-15)9-11-3-4-11/h10-11H,3-9H2,1-2H3,(H,13,16). The van der Waals surface area contributed by atoms with Crippen LogP contribution in [0.5, 0.6) is 0 Å². The van der Waals surface area contributed by atoms with Gasteiger partial charge in [-0.1, -0.05) is 0 Å². The minimum Gasteiger partial charge on any atom is -0.336 e. The average Bonchev–Trinajstić information content (AvgIpc) is 3.01. The van der Waals surface area contributed by atoms with Gasteiger partial charge in [-0.15, -0.1) is 0 Å². The summed E-state index contributed by atoms with van der Waals surface area (Å²) in [6.07, 6.45) is 2.82. The number of carbonyl (C=O) groups is 1. The first-order chi connectivity index (χ1) is 7.65. The summed E-state index contributed by atoms with van der Waals surface area (Å²) in [6.45, 7) is 9.10. The molecule has 0 radical (unpaired) electrons. The van der Waals surface area contributed by atoms with Crippen molar-refractivity contribution >= 4 is 6.03 Å². The van der Waals surface area contributed by atoms with Crippen molar-refractivity contribution in [3.05, 3.63) is 0 Å². The van der Waals surface area contributed by atoms with Crippen molar-refractivity contribution in [1.82, 2.24) is 15.1 Å².